The monoisotopic (exact) mass is 470 g/mol. The fraction of sp³-hybridized carbons (Fsp3) is 0.321. The van der Waals surface area contributed by atoms with Crippen molar-refractivity contribution < 1.29 is 14.4 Å². The van der Waals surface area contributed by atoms with Crippen LogP contribution in [-0.2, 0) is 20.9 Å². The van der Waals surface area contributed by atoms with E-state index in [1.807, 2.05) is 70.3 Å². The smallest absolute Gasteiger partial charge is 0.256 e. The summed E-state index contributed by atoms with van der Waals surface area (Å²) in [5, 5.41) is 6.97. The number of fused-ring (bicyclic) bond motifs is 2. The Hall–Kier alpha value is -3.87. The highest BCUT2D eigenvalue weighted by molar-refractivity contribution is 6.35. The molecule has 1 fully saturated rings. The van der Waals surface area contributed by atoms with Gasteiger partial charge in [-0.1, -0.05) is 36.4 Å². The number of rotatable bonds is 8. The van der Waals surface area contributed by atoms with E-state index in [-0.39, 0.29) is 18.4 Å². The first-order valence-corrected chi connectivity index (χ1v) is 12.3. The van der Waals surface area contributed by atoms with Crippen molar-refractivity contribution in [1.82, 2.24) is 14.8 Å². The summed E-state index contributed by atoms with van der Waals surface area (Å²) in [7, 11) is 0. The van der Waals surface area contributed by atoms with Crippen LogP contribution in [0.25, 0.3) is 22.6 Å². The van der Waals surface area contributed by atoms with Crippen LogP contribution in [0.3, 0.4) is 0 Å². The Morgan fingerprint density at radius 3 is 2.69 bits per heavy atom. The molecule has 5 rings (SSSR count). The second-order valence-corrected chi connectivity index (χ2v) is 9.36. The summed E-state index contributed by atoms with van der Waals surface area (Å²) in [5.41, 5.74) is 4.22. The maximum Gasteiger partial charge on any atom is 0.256 e. The number of likely N-dealkylation sites (tertiary alicyclic amines) is 1. The van der Waals surface area contributed by atoms with Crippen molar-refractivity contribution in [3.8, 4) is 0 Å². The normalized spacial score (nSPS) is 17.0. The molecule has 0 bridgehead atoms. The molecule has 2 aliphatic heterocycles. The van der Waals surface area contributed by atoms with Gasteiger partial charge in [0.2, 0.25) is 12.3 Å². The van der Waals surface area contributed by atoms with Crippen molar-refractivity contribution in [3.05, 3.63) is 65.9 Å². The van der Waals surface area contributed by atoms with Crippen LogP contribution in [0.15, 0.2) is 54.7 Å². The number of anilines is 1. The third kappa shape index (κ3) is 4.99. The van der Waals surface area contributed by atoms with E-state index in [1.54, 1.807) is 0 Å². The molecule has 0 spiro atoms. The van der Waals surface area contributed by atoms with Crippen LogP contribution in [0.5, 0.6) is 0 Å². The molecular formula is C28H30N4O3. The molecule has 2 aliphatic rings. The van der Waals surface area contributed by atoms with E-state index in [9.17, 15) is 14.4 Å². The predicted molar refractivity (Wildman–Crippen MR) is 137 cm³/mol. The molecule has 0 atom stereocenters. The molecule has 3 aromatic rings. The Morgan fingerprint density at radius 2 is 1.86 bits per heavy atom. The van der Waals surface area contributed by atoms with Gasteiger partial charge < -0.3 is 20.1 Å². The van der Waals surface area contributed by atoms with Gasteiger partial charge in [0, 0.05) is 59.1 Å². The fourth-order valence-corrected chi connectivity index (χ4v) is 5.13. The maximum absolute atomic E-state index is 12.7. The minimum atomic E-state index is -0.113. The number of para-hydroxylation sites is 2. The molecule has 35 heavy (non-hydrogen) atoms. The highest BCUT2D eigenvalue weighted by Crippen LogP contribution is 2.34. The Balaban J connectivity index is 1.23. The van der Waals surface area contributed by atoms with Crippen LogP contribution >= 0.6 is 0 Å². The molecular weight excluding hydrogens is 440 g/mol. The summed E-state index contributed by atoms with van der Waals surface area (Å²) in [6, 6.07) is 15.6. The lowest BCUT2D eigenvalue weighted by Gasteiger charge is -2.29. The number of hydrogen-bond acceptors (Lipinski definition) is 3. The van der Waals surface area contributed by atoms with Crippen molar-refractivity contribution in [2.75, 3.05) is 25.0 Å². The van der Waals surface area contributed by atoms with Crippen molar-refractivity contribution in [2.24, 2.45) is 5.92 Å². The lowest BCUT2D eigenvalue weighted by Crippen LogP contribution is -2.33. The number of benzene rings is 2. The minimum absolute atomic E-state index is 0.0234. The van der Waals surface area contributed by atoms with Crippen LogP contribution in [0.2, 0.25) is 0 Å². The van der Waals surface area contributed by atoms with Gasteiger partial charge in [-0.3, -0.25) is 14.4 Å². The lowest BCUT2D eigenvalue weighted by atomic mass is 9.92. The van der Waals surface area contributed by atoms with Gasteiger partial charge >= 0.3 is 0 Å². The summed E-state index contributed by atoms with van der Waals surface area (Å²) in [4.78, 5) is 38.0. The van der Waals surface area contributed by atoms with Crippen LogP contribution in [0.1, 0.15) is 36.8 Å². The van der Waals surface area contributed by atoms with Gasteiger partial charge in [0.05, 0.1) is 0 Å². The zero-order valence-corrected chi connectivity index (χ0v) is 19.7. The molecule has 0 aliphatic carbocycles. The van der Waals surface area contributed by atoms with Crippen molar-refractivity contribution in [3.63, 3.8) is 0 Å². The number of piperidine rings is 1. The van der Waals surface area contributed by atoms with Crippen molar-refractivity contribution in [2.45, 2.75) is 32.2 Å². The van der Waals surface area contributed by atoms with Gasteiger partial charge in [-0.25, -0.2) is 0 Å². The first-order chi connectivity index (χ1) is 17.1. The number of carbonyl (C=O) groups excluding carboxylic acids is 3. The Kier molecular flexibility index (Phi) is 6.66. The van der Waals surface area contributed by atoms with Gasteiger partial charge in [-0.05, 0) is 49.8 Å². The Bertz CT molecular complexity index is 1280. The van der Waals surface area contributed by atoms with Gasteiger partial charge in [-0.15, -0.1) is 0 Å². The van der Waals surface area contributed by atoms with Gasteiger partial charge in [0.15, 0.2) is 0 Å². The molecule has 7 heteroatoms. The van der Waals surface area contributed by atoms with Crippen molar-refractivity contribution >= 4 is 46.5 Å². The zero-order chi connectivity index (χ0) is 24.2. The molecule has 3 heterocycles. The number of hydrogen-bond donors (Lipinski definition) is 2. The molecule has 7 nitrogen and oxygen atoms in total. The van der Waals surface area contributed by atoms with Crippen molar-refractivity contribution in [1.29, 1.82) is 0 Å². The average Bonchev–Trinajstić information content (AvgIpc) is 3.39. The van der Waals surface area contributed by atoms with Crippen LogP contribution in [0, 0.1) is 5.92 Å². The van der Waals surface area contributed by atoms with Gasteiger partial charge in [-0.2, -0.15) is 0 Å². The molecule has 1 saturated heterocycles. The van der Waals surface area contributed by atoms with E-state index in [4.69, 9.17) is 0 Å². The number of amides is 3. The zero-order valence-electron chi connectivity index (χ0n) is 19.7. The fourth-order valence-electron chi connectivity index (χ4n) is 5.13. The largest absolute Gasteiger partial charge is 0.355 e. The Labute approximate surface area is 204 Å². The molecule has 3 amide bonds. The summed E-state index contributed by atoms with van der Waals surface area (Å²) in [5.74, 6) is 0.493. The maximum atomic E-state index is 12.7. The van der Waals surface area contributed by atoms with Crippen LogP contribution < -0.4 is 10.6 Å². The van der Waals surface area contributed by atoms with E-state index < -0.39 is 0 Å². The first kappa shape index (κ1) is 22.9. The Morgan fingerprint density at radius 1 is 1.09 bits per heavy atom. The third-order valence-corrected chi connectivity index (χ3v) is 7.05. The van der Waals surface area contributed by atoms with Gasteiger partial charge in [0.1, 0.15) is 6.54 Å². The summed E-state index contributed by atoms with van der Waals surface area (Å²) in [6.07, 6.45) is 8.90. The van der Waals surface area contributed by atoms with E-state index >= 15 is 0 Å². The van der Waals surface area contributed by atoms with E-state index in [2.05, 4.69) is 10.6 Å². The molecule has 180 valence electrons. The highest BCUT2D eigenvalue weighted by Gasteiger charge is 2.24. The molecule has 2 N–H and O–H groups in total. The predicted octanol–water partition coefficient (Wildman–Crippen LogP) is 3.90. The molecule has 2 aromatic carbocycles. The second-order valence-electron chi connectivity index (χ2n) is 9.36. The molecule has 0 saturated carbocycles. The SMILES string of the molecule is O=CN1CCC(CCCNC(=O)Cn2cc(/C=C3\C(=O)Nc4ccccc43)c3ccccc32)CC1. The quantitative estimate of drug-likeness (QED) is 0.298. The number of nitrogens with one attached hydrogen (secondary N) is 2. The average molecular weight is 471 g/mol. The van der Waals surface area contributed by atoms with Gasteiger partial charge in [0.25, 0.3) is 5.91 Å². The summed E-state index contributed by atoms with van der Waals surface area (Å²) < 4.78 is 1.95. The van der Waals surface area contributed by atoms with E-state index in [1.165, 1.54) is 0 Å². The molecule has 0 radical (unpaired) electrons. The van der Waals surface area contributed by atoms with Crippen LogP contribution in [0.4, 0.5) is 5.69 Å². The highest BCUT2D eigenvalue weighted by atomic mass is 16.2. The number of aromatic nitrogens is 1. The molecule has 1 aromatic heterocycles. The number of nitrogens with zero attached hydrogens (tertiary/aromatic N) is 2. The summed E-state index contributed by atoms with van der Waals surface area (Å²) >= 11 is 0. The second kappa shape index (κ2) is 10.2. The lowest BCUT2D eigenvalue weighted by molar-refractivity contribution is -0.122. The summed E-state index contributed by atoms with van der Waals surface area (Å²) in [6.45, 7) is 2.56. The standard InChI is InChI=1S/C28H30N4O3/c33-19-31-14-11-20(12-15-31)6-5-13-29-27(34)18-32-17-21(22-7-2-4-10-26(22)32)16-24-23-8-1-3-9-25(23)30-28(24)35/h1-4,7-10,16-17,19-20H,5-6,11-15,18H2,(H,29,34)(H,30,35)/b24-16-. The molecule has 0 unspecified atom stereocenters. The first-order valence-electron chi connectivity index (χ1n) is 12.3. The number of carbonyl (C=O) groups is 3. The van der Waals surface area contributed by atoms with Crippen LogP contribution in [-0.4, -0.2) is 47.3 Å². The van der Waals surface area contributed by atoms with E-state index in [0.29, 0.717) is 18.0 Å². The minimum Gasteiger partial charge on any atom is -0.355 e. The topological polar surface area (TPSA) is 83.4 Å². The van der Waals surface area contributed by atoms with E-state index in [0.717, 1.165) is 72.9 Å². The third-order valence-electron chi connectivity index (χ3n) is 7.05.